The van der Waals surface area contributed by atoms with Gasteiger partial charge in [-0.3, -0.25) is 0 Å². The summed E-state index contributed by atoms with van der Waals surface area (Å²) in [6.45, 7) is 2.41. The summed E-state index contributed by atoms with van der Waals surface area (Å²) in [5.41, 5.74) is 5.28. The van der Waals surface area contributed by atoms with Gasteiger partial charge in [0.15, 0.2) is 0 Å². The average molecular weight is 145 g/mol. The Labute approximate surface area is 62.2 Å². The van der Waals surface area contributed by atoms with Crippen LogP contribution in [0.15, 0.2) is 0 Å². The highest BCUT2D eigenvalue weighted by molar-refractivity contribution is 4.81. The number of aliphatic hydroxyl groups excluding tert-OH is 1. The van der Waals surface area contributed by atoms with Gasteiger partial charge in [0, 0.05) is 13.2 Å². The first-order chi connectivity index (χ1) is 4.68. The number of methoxy groups -OCH3 is 1. The molecule has 0 bridgehead atoms. The fraction of sp³-hybridized carbons (Fsp3) is 0.714. The predicted octanol–water partition coefficient (Wildman–Crippen LogP) is -0.408. The minimum Gasteiger partial charge on any atom is -0.384 e. The maximum Gasteiger partial charge on any atom is 0.103 e. The number of terminal acetylenes is 1. The van der Waals surface area contributed by atoms with Gasteiger partial charge in [0.2, 0.25) is 0 Å². The van der Waals surface area contributed by atoms with Crippen LogP contribution in [-0.2, 0) is 4.74 Å². The Balaban J connectivity index is 0. The Morgan fingerprint density at radius 2 is 2.20 bits per heavy atom. The molecule has 0 aromatic rings. The van der Waals surface area contributed by atoms with Gasteiger partial charge in [-0.05, 0) is 6.92 Å². The van der Waals surface area contributed by atoms with Gasteiger partial charge in [0.1, 0.15) is 6.61 Å². The highest BCUT2D eigenvalue weighted by Gasteiger charge is 1.85. The molecule has 0 fully saturated rings. The lowest BCUT2D eigenvalue weighted by Gasteiger charge is -1.98. The Kier molecular flexibility index (Phi) is 13.7. The quantitative estimate of drug-likeness (QED) is 0.519. The summed E-state index contributed by atoms with van der Waals surface area (Å²) in [7, 11) is 1.64. The maximum atomic E-state index is 7.64. The van der Waals surface area contributed by atoms with Crippen molar-refractivity contribution in [3.05, 3.63) is 0 Å². The highest BCUT2D eigenvalue weighted by Crippen LogP contribution is 1.71. The van der Waals surface area contributed by atoms with E-state index in [1.54, 1.807) is 7.11 Å². The lowest BCUT2D eigenvalue weighted by molar-refractivity contribution is 0.185. The standard InChI is InChI=1S/C4H11NO.C3H4O/c1-4(5)3-6-2;1-2-3-4/h4H,3,5H2,1-2H3;1,4H,3H2. The second kappa shape index (κ2) is 11.3. The van der Waals surface area contributed by atoms with E-state index < -0.39 is 0 Å². The van der Waals surface area contributed by atoms with Crippen molar-refractivity contribution in [3.8, 4) is 12.3 Å². The molecule has 0 rings (SSSR count). The summed E-state index contributed by atoms with van der Waals surface area (Å²) >= 11 is 0. The van der Waals surface area contributed by atoms with Gasteiger partial charge in [-0.2, -0.15) is 0 Å². The Morgan fingerprint density at radius 3 is 2.20 bits per heavy atom. The molecule has 0 spiro atoms. The number of nitrogens with two attached hydrogens (primary N) is 1. The molecule has 3 nitrogen and oxygen atoms in total. The van der Waals surface area contributed by atoms with Gasteiger partial charge in [-0.15, -0.1) is 6.42 Å². The van der Waals surface area contributed by atoms with E-state index in [1.807, 2.05) is 12.8 Å². The van der Waals surface area contributed by atoms with E-state index in [4.69, 9.17) is 10.8 Å². The molecule has 0 radical (unpaired) electrons. The smallest absolute Gasteiger partial charge is 0.103 e. The molecular formula is C7H15NO2. The van der Waals surface area contributed by atoms with E-state index >= 15 is 0 Å². The third kappa shape index (κ3) is 26.1. The van der Waals surface area contributed by atoms with Crippen molar-refractivity contribution in [1.82, 2.24) is 0 Å². The second-order valence-corrected chi connectivity index (χ2v) is 1.79. The number of aliphatic hydroxyl groups is 1. The number of hydrogen-bond donors (Lipinski definition) is 2. The number of rotatable bonds is 2. The molecule has 3 heteroatoms. The molecule has 3 N–H and O–H groups in total. The highest BCUT2D eigenvalue weighted by atomic mass is 16.5. The van der Waals surface area contributed by atoms with Crippen molar-refractivity contribution in [2.24, 2.45) is 5.73 Å². The molecule has 60 valence electrons. The van der Waals surface area contributed by atoms with Crippen molar-refractivity contribution in [2.75, 3.05) is 20.3 Å². The first-order valence-corrected chi connectivity index (χ1v) is 2.97. The molecule has 0 aromatic carbocycles. The van der Waals surface area contributed by atoms with E-state index in [-0.39, 0.29) is 12.6 Å². The molecule has 10 heavy (non-hydrogen) atoms. The van der Waals surface area contributed by atoms with Crippen LogP contribution in [0.4, 0.5) is 0 Å². The van der Waals surface area contributed by atoms with Crippen LogP contribution in [0.5, 0.6) is 0 Å². The van der Waals surface area contributed by atoms with Crippen LogP contribution in [0.2, 0.25) is 0 Å². The molecule has 0 aliphatic rings. The van der Waals surface area contributed by atoms with Crippen molar-refractivity contribution in [1.29, 1.82) is 0 Å². The monoisotopic (exact) mass is 145 g/mol. The number of ether oxygens (including phenoxy) is 1. The third-order valence-electron chi connectivity index (χ3n) is 0.521. The Bertz CT molecular complexity index is 86.1. The van der Waals surface area contributed by atoms with Crippen molar-refractivity contribution < 1.29 is 9.84 Å². The van der Waals surface area contributed by atoms with Gasteiger partial charge in [0.05, 0.1) is 6.61 Å². The van der Waals surface area contributed by atoms with Crippen LogP contribution in [0.1, 0.15) is 6.92 Å². The summed E-state index contributed by atoms with van der Waals surface area (Å²) in [6, 6.07) is 0.176. The zero-order chi connectivity index (χ0) is 8.41. The van der Waals surface area contributed by atoms with E-state index in [2.05, 4.69) is 11.2 Å². The van der Waals surface area contributed by atoms with E-state index in [0.29, 0.717) is 6.61 Å². The van der Waals surface area contributed by atoms with Gasteiger partial charge in [-0.25, -0.2) is 0 Å². The van der Waals surface area contributed by atoms with E-state index in [9.17, 15) is 0 Å². The lowest BCUT2D eigenvalue weighted by Crippen LogP contribution is -2.20. The van der Waals surface area contributed by atoms with Crippen LogP contribution in [0.25, 0.3) is 0 Å². The van der Waals surface area contributed by atoms with Crippen LogP contribution in [0.3, 0.4) is 0 Å². The van der Waals surface area contributed by atoms with Crippen LogP contribution in [0, 0.1) is 12.3 Å². The number of hydrogen-bond acceptors (Lipinski definition) is 3. The van der Waals surface area contributed by atoms with E-state index in [0.717, 1.165) is 0 Å². The van der Waals surface area contributed by atoms with Gasteiger partial charge in [-0.1, -0.05) is 5.92 Å². The maximum absolute atomic E-state index is 7.64. The summed E-state index contributed by atoms with van der Waals surface area (Å²) in [5.74, 6) is 1.99. The SMILES string of the molecule is C#CCO.COCC(C)N. The fourth-order valence-corrected chi connectivity index (χ4v) is 0.263. The average Bonchev–Trinajstić information content (AvgIpc) is 1.89. The van der Waals surface area contributed by atoms with Crippen molar-refractivity contribution in [3.63, 3.8) is 0 Å². The molecule has 1 unspecified atom stereocenters. The minimum atomic E-state index is -0.153. The van der Waals surface area contributed by atoms with E-state index in [1.165, 1.54) is 0 Å². The molecule has 0 aliphatic heterocycles. The molecule has 0 amide bonds. The Hall–Kier alpha value is -0.560. The Morgan fingerprint density at radius 1 is 1.80 bits per heavy atom. The predicted molar refractivity (Wildman–Crippen MR) is 41.4 cm³/mol. The normalized spacial score (nSPS) is 10.7. The minimum absolute atomic E-state index is 0.153. The zero-order valence-corrected chi connectivity index (χ0v) is 6.50. The summed E-state index contributed by atoms with van der Waals surface area (Å²) in [6.07, 6.45) is 4.53. The van der Waals surface area contributed by atoms with Gasteiger partial charge < -0.3 is 15.6 Å². The van der Waals surface area contributed by atoms with Crippen LogP contribution >= 0.6 is 0 Å². The van der Waals surface area contributed by atoms with Crippen LogP contribution < -0.4 is 5.73 Å². The molecule has 0 aliphatic carbocycles. The summed E-state index contributed by atoms with van der Waals surface area (Å²) in [5, 5.41) is 7.64. The lowest BCUT2D eigenvalue weighted by atomic mass is 10.4. The molecule has 0 aromatic heterocycles. The first-order valence-electron chi connectivity index (χ1n) is 2.97. The second-order valence-electron chi connectivity index (χ2n) is 1.79. The molecule has 0 heterocycles. The third-order valence-corrected chi connectivity index (χ3v) is 0.521. The van der Waals surface area contributed by atoms with Gasteiger partial charge >= 0.3 is 0 Å². The largest absolute Gasteiger partial charge is 0.384 e. The summed E-state index contributed by atoms with van der Waals surface area (Å²) in [4.78, 5) is 0. The zero-order valence-electron chi connectivity index (χ0n) is 6.50. The topological polar surface area (TPSA) is 55.5 Å². The van der Waals surface area contributed by atoms with Crippen LogP contribution in [-0.4, -0.2) is 31.5 Å². The molecule has 0 saturated heterocycles. The summed E-state index contributed by atoms with van der Waals surface area (Å²) < 4.78 is 4.68. The van der Waals surface area contributed by atoms with Gasteiger partial charge in [0.25, 0.3) is 0 Å². The van der Waals surface area contributed by atoms with Crippen molar-refractivity contribution in [2.45, 2.75) is 13.0 Å². The first kappa shape index (κ1) is 12.1. The fourth-order valence-electron chi connectivity index (χ4n) is 0.263. The molecular weight excluding hydrogens is 130 g/mol. The molecule has 0 saturated carbocycles. The van der Waals surface area contributed by atoms with Crippen molar-refractivity contribution >= 4 is 0 Å². The molecule has 1 atom stereocenters.